The highest BCUT2D eigenvalue weighted by molar-refractivity contribution is 5.95. The number of rotatable bonds is 9. The summed E-state index contributed by atoms with van der Waals surface area (Å²) in [5, 5.41) is 20.4. The molecule has 1 heterocycles. The van der Waals surface area contributed by atoms with E-state index in [2.05, 4.69) is 5.32 Å². The zero-order valence-electron chi connectivity index (χ0n) is 16.5. The van der Waals surface area contributed by atoms with Gasteiger partial charge in [-0.2, -0.15) is 0 Å². The standard InChI is InChI=1S/C22H27N3O4/c1-2-14-3-8-19(29-13-15-9-10-28-12-15)18(11-14)20(22(26)27)25-17-6-4-16(5-7-17)21(23)24/h3-8,11,15,20,25H,2,9-10,12-13H2,1H3,(H3,23,24)(H,26,27). The summed E-state index contributed by atoms with van der Waals surface area (Å²) in [5.41, 5.74) is 8.32. The zero-order chi connectivity index (χ0) is 20.8. The maximum absolute atomic E-state index is 12.1. The van der Waals surface area contributed by atoms with Crippen LogP contribution in [0.15, 0.2) is 42.5 Å². The highest BCUT2D eigenvalue weighted by atomic mass is 16.5. The monoisotopic (exact) mass is 397 g/mol. The first kappa shape index (κ1) is 20.7. The van der Waals surface area contributed by atoms with Crippen LogP contribution in [0.3, 0.4) is 0 Å². The molecule has 0 aromatic heterocycles. The molecule has 1 aliphatic rings. The molecule has 1 saturated heterocycles. The fourth-order valence-electron chi connectivity index (χ4n) is 3.28. The average Bonchev–Trinajstić information content (AvgIpc) is 3.24. The van der Waals surface area contributed by atoms with Gasteiger partial charge in [0, 0.05) is 29.3 Å². The van der Waals surface area contributed by atoms with E-state index < -0.39 is 12.0 Å². The van der Waals surface area contributed by atoms with Crippen molar-refractivity contribution in [2.24, 2.45) is 11.7 Å². The number of anilines is 1. The van der Waals surface area contributed by atoms with E-state index in [1.165, 1.54) is 0 Å². The number of carboxylic acid groups (broad SMARTS) is 1. The van der Waals surface area contributed by atoms with Gasteiger partial charge in [0.2, 0.25) is 0 Å². The highest BCUT2D eigenvalue weighted by Crippen LogP contribution is 2.31. The van der Waals surface area contributed by atoms with Gasteiger partial charge in [-0.25, -0.2) is 4.79 Å². The lowest BCUT2D eigenvalue weighted by Gasteiger charge is -2.21. The maximum Gasteiger partial charge on any atom is 0.330 e. The van der Waals surface area contributed by atoms with Crippen LogP contribution in [0.5, 0.6) is 5.75 Å². The Bertz CT molecular complexity index is 861. The fraction of sp³-hybridized carbons (Fsp3) is 0.364. The average molecular weight is 397 g/mol. The first-order chi connectivity index (χ1) is 14.0. The molecule has 2 unspecified atom stereocenters. The van der Waals surface area contributed by atoms with Crippen LogP contribution in [0.4, 0.5) is 5.69 Å². The molecule has 2 atom stereocenters. The molecular weight excluding hydrogens is 370 g/mol. The lowest BCUT2D eigenvalue weighted by molar-refractivity contribution is -0.138. The Morgan fingerprint density at radius 3 is 2.69 bits per heavy atom. The van der Waals surface area contributed by atoms with E-state index in [-0.39, 0.29) is 5.84 Å². The molecule has 0 saturated carbocycles. The fourth-order valence-corrected chi connectivity index (χ4v) is 3.28. The van der Waals surface area contributed by atoms with E-state index in [9.17, 15) is 9.90 Å². The van der Waals surface area contributed by atoms with Gasteiger partial charge in [-0.1, -0.05) is 13.0 Å². The van der Waals surface area contributed by atoms with E-state index in [0.717, 1.165) is 25.0 Å². The van der Waals surface area contributed by atoms with Crippen LogP contribution in [-0.2, 0) is 16.0 Å². The van der Waals surface area contributed by atoms with Crippen LogP contribution >= 0.6 is 0 Å². The van der Waals surface area contributed by atoms with Gasteiger partial charge in [0.05, 0.1) is 13.2 Å². The van der Waals surface area contributed by atoms with Crippen molar-refractivity contribution < 1.29 is 19.4 Å². The Balaban J connectivity index is 1.85. The van der Waals surface area contributed by atoms with Gasteiger partial charge in [0.1, 0.15) is 11.6 Å². The third-order valence-corrected chi connectivity index (χ3v) is 5.05. The Labute approximate surface area is 170 Å². The third-order valence-electron chi connectivity index (χ3n) is 5.05. The summed E-state index contributed by atoms with van der Waals surface area (Å²) < 4.78 is 11.4. The Morgan fingerprint density at radius 2 is 2.10 bits per heavy atom. The van der Waals surface area contributed by atoms with Crippen LogP contribution in [-0.4, -0.2) is 36.7 Å². The summed E-state index contributed by atoms with van der Waals surface area (Å²) >= 11 is 0. The van der Waals surface area contributed by atoms with E-state index in [1.54, 1.807) is 24.3 Å². The SMILES string of the molecule is CCc1ccc(OCC2CCOC2)c(C(Nc2ccc(C(=N)N)cc2)C(=O)O)c1. The van der Waals surface area contributed by atoms with Crippen molar-refractivity contribution in [1.29, 1.82) is 5.41 Å². The van der Waals surface area contributed by atoms with Gasteiger partial charge < -0.3 is 25.6 Å². The smallest absolute Gasteiger partial charge is 0.330 e. The second-order valence-electron chi connectivity index (χ2n) is 7.17. The summed E-state index contributed by atoms with van der Waals surface area (Å²) in [7, 11) is 0. The van der Waals surface area contributed by atoms with E-state index >= 15 is 0 Å². The number of aryl methyl sites for hydroxylation is 1. The number of amidine groups is 1. The molecule has 5 N–H and O–H groups in total. The molecule has 0 amide bonds. The summed E-state index contributed by atoms with van der Waals surface area (Å²) in [5.74, 6) is -0.144. The molecule has 1 aliphatic heterocycles. The van der Waals surface area contributed by atoms with Crippen LogP contribution in [0.1, 0.15) is 36.1 Å². The van der Waals surface area contributed by atoms with Crippen molar-refractivity contribution in [2.45, 2.75) is 25.8 Å². The molecule has 154 valence electrons. The number of nitrogens with one attached hydrogen (secondary N) is 2. The second kappa shape index (κ2) is 9.43. The quantitative estimate of drug-likeness (QED) is 0.381. The molecule has 2 aromatic rings. The van der Waals surface area contributed by atoms with Crippen molar-refractivity contribution in [3.8, 4) is 5.75 Å². The molecule has 0 radical (unpaired) electrons. The topological polar surface area (TPSA) is 118 Å². The molecule has 7 nitrogen and oxygen atoms in total. The Morgan fingerprint density at radius 1 is 1.34 bits per heavy atom. The van der Waals surface area contributed by atoms with E-state index in [0.29, 0.717) is 41.7 Å². The van der Waals surface area contributed by atoms with Crippen molar-refractivity contribution >= 4 is 17.5 Å². The largest absolute Gasteiger partial charge is 0.493 e. The number of ether oxygens (including phenoxy) is 2. The maximum atomic E-state index is 12.1. The van der Waals surface area contributed by atoms with Gasteiger partial charge in [-0.15, -0.1) is 0 Å². The Kier molecular flexibility index (Phi) is 6.72. The lowest BCUT2D eigenvalue weighted by Crippen LogP contribution is -2.22. The number of hydrogen-bond acceptors (Lipinski definition) is 5. The minimum absolute atomic E-state index is 0.0337. The molecule has 2 aromatic carbocycles. The van der Waals surface area contributed by atoms with Crippen molar-refractivity contribution in [1.82, 2.24) is 0 Å². The molecule has 1 fully saturated rings. The molecule has 29 heavy (non-hydrogen) atoms. The predicted molar refractivity (Wildman–Crippen MR) is 112 cm³/mol. The number of hydrogen-bond donors (Lipinski definition) is 4. The molecule has 0 spiro atoms. The molecule has 7 heteroatoms. The number of carboxylic acids is 1. The predicted octanol–water partition coefficient (Wildman–Crippen LogP) is 3.19. The summed E-state index contributed by atoms with van der Waals surface area (Å²) in [4.78, 5) is 12.1. The molecular formula is C22H27N3O4. The summed E-state index contributed by atoms with van der Waals surface area (Å²) in [6, 6.07) is 11.5. The van der Waals surface area contributed by atoms with E-state index in [4.69, 9.17) is 20.6 Å². The van der Waals surface area contributed by atoms with Crippen LogP contribution in [0.25, 0.3) is 0 Å². The van der Waals surface area contributed by atoms with E-state index in [1.807, 2.05) is 25.1 Å². The summed E-state index contributed by atoms with van der Waals surface area (Å²) in [6.45, 7) is 3.94. The highest BCUT2D eigenvalue weighted by Gasteiger charge is 2.25. The van der Waals surface area contributed by atoms with Crippen LogP contribution < -0.4 is 15.8 Å². The van der Waals surface area contributed by atoms with Crippen LogP contribution in [0.2, 0.25) is 0 Å². The minimum Gasteiger partial charge on any atom is -0.493 e. The zero-order valence-corrected chi connectivity index (χ0v) is 16.5. The van der Waals surface area contributed by atoms with Gasteiger partial charge in [-0.05, 0) is 54.8 Å². The first-order valence-corrected chi connectivity index (χ1v) is 9.75. The minimum atomic E-state index is -0.997. The van der Waals surface area contributed by atoms with Gasteiger partial charge in [0.25, 0.3) is 0 Å². The summed E-state index contributed by atoms with van der Waals surface area (Å²) in [6.07, 6.45) is 1.74. The van der Waals surface area contributed by atoms with Gasteiger partial charge >= 0.3 is 5.97 Å². The van der Waals surface area contributed by atoms with Gasteiger partial charge in [-0.3, -0.25) is 5.41 Å². The molecule has 0 bridgehead atoms. The Hall–Kier alpha value is -3.06. The van der Waals surface area contributed by atoms with Crippen LogP contribution in [0, 0.1) is 11.3 Å². The third kappa shape index (κ3) is 5.26. The second-order valence-corrected chi connectivity index (χ2v) is 7.17. The molecule has 3 rings (SSSR count). The number of nitrogen functional groups attached to an aromatic ring is 1. The van der Waals surface area contributed by atoms with Crippen molar-refractivity contribution in [2.75, 3.05) is 25.1 Å². The molecule has 0 aliphatic carbocycles. The number of nitrogens with two attached hydrogens (primary N) is 1. The number of aliphatic carboxylic acids is 1. The number of carbonyl (C=O) groups is 1. The van der Waals surface area contributed by atoms with Crippen molar-refractivity contribution in [3.63, 3.8) is 0 Å². The van der Waals surface area contributed by atoms with Crippen molar-refractivity contribution in [3.05, 3.63) is 59.2 Å². The number of benzene rings is 2. The normalized spacial score (nSPS) is 16.9. The van der Waals surface area contributed by atoms with Gasteiger partial charge in [0.15, 0.2) is 6.04 Å². The lowest BCUT2D eigenvalue weighted by atomic mass is 10.0. The first-order valence-electron chi connectivity index (χ1n) is 9.75.